The highest BCUT2D eigenvalue weighted by Crippen LogP contribution is 2.61. The van der Waals surface area contributed by atoms with Gasteiger partial charge in [0.15, 0.2) is 0 Å². The summed E-state index contributed by atoms with van der Waals surface area (Å²) in [7, 11) is 0. The van der Waals surface area contributed by atoms with Gasteiger partial charge in [-0.2, -0.15) is 0 Å². The number of carbonyl (C=O) groups excluding carboxylic acids is 3. The largest absolute Gasteiger partial charge is 0.332 e. The Bertz CT molecular complexity index is 680. The van der Waals surface area contributed by atoms with E-state index in [1.165, 1.54) is 0 Å². The average molecular weight is 285 g/mol. The van der Waals surface area contributed by atoms with Crippen molar-refractivity contribution < 1.29 is 14.4 Å². The molecule has 5 rings (SSSR count). The van der Waals surface area contributed by atoms with Crippen LogP contribution in [0.5, 0.6) is 0 Å². The molecule has 0 bridgehead atoms. The minimum atomic E-state index is -0.522. The molecule has 2 aliphatic carbocycles. The Balaban J connectivity index is 1.71. The average Bonchev–Trinajstić information content (AvgIpc) is 3.09. The van der Waals surface area contributed by atoms with Gasteiger partial charge < -0.3 is 10.6 Å². The van der Waals surface area contributed by atoms with Crippen molar-refractivity contribution in [1.29, 1.82) is 0 Å². The first kappa shape index (κ1) is 11.5. The lowest BCUT2D eigenvalue weighted by Crippen LogP contribution is -2.56. The van der Waals surface area contributed by atoms with E-state index in [0.717, 1.165) is 19.3 Å². The molecule has 4 unspecified atom stereocenters. The summed E-state index contributed by atoms with van der Waals surface area (Å²) in [6, 6.07) is 0. The summed E-state index contributed by atoms with van der Waals surface area (Å²) in [6.45, 7) is 0. The molecule has 0 aromatic carbocycles. The number of amides is 3. The van der Waals surface area contributed by atoms with Crippen LogP contribution in [-0.4, -0.2) is 28.3 Å². The van der Waals surface area contributed by atoms with Crippen LogP contribution in [0.2, 0.25) is 0 Å². The fourth-order valence-electron chi connectivity index (χ4n) is 4.68. The van der Waals surface area contributed by atoms with Crippen molar-refractivity contribution >= 4 is 17.7 Å². The van der Waals surface area contributed by atoms with Crippen LogP contribution in [0.4, 0.5) is 0 Å². The molecule has 2 saturated carbocycles. The molecule has 2 N–H and O–H groups in total. The predicted molar refractivity (Wildman–Crippen MR) is 71.0 cm³/mol. The summed E-state index contributed by atoms with van der Waals surface area (Å²) in [6.07, 6.45) is 6.46. The Labute approximate surface area is 121 Å². The SMILES string of the molecule is O=C1NC2(CCC3CC32)N2C(=O)CC3C(=O)NC=CC3=C12. The fourth-order valence-corrected chi connectivity index (χ4v) is 4.68. The summed E-state index contributed by atoms with van der Waals surface area (Å²) in [5.41, 5.74) is 0.597. The van der Waals surface area contributed by atoms with Gasteiger partial charge in [-0.3, -0.25) is 19.3 Å². The summed E-state index contributed by atoms with van der Waals surface area (Å²) >= 11 is 0. The maximum atomic E-state index is 12.6. The smallest absolute Gasteiger partial charge is 0.270 e. The Kier molecular flexibility index (Phi) is 1.85. The summed E-state index contributed by atoms with van der Waals surface area (Å²) in [5.74, 6) is 0.0143. The molecule has 1 spiro atoms. The number of nitrogens with zero attached hydrogens (tertiary/aromatic N) is 1. The van der Waals surface area contributed by atoms with Gasteiger partial charge in [0.25, 0.3) is 5.91 Å². The molecule has 3 heterocycles. The highest BCUT2D eigenvalue weighted by molar-refractivity contribution is 6.07. The lowest BCUT2D eigenvalue weighted by Gasteiger charge is -2.40. The molecule has 3 aliphatic heterocycles. The van der Waals surface area contributed by atoms with Crippen LogP contribution in [0.3, 0.4) is 0 Å². The molecule has 3 amide bonds. The van der Waals surface area contributed by atoms with Crippen molar-refractivity contribution in [3.8, 4) is 0 Å². The van der Waals surface area contributed by atoms with Crippen molar-refractivity contribution in [2.75, 3.05) is 0 Å². The second-order valence-electron chi connectivity index (χ2n) is 6.65. The fraction of sp³-hybridized carbons (Fsp3) is 0.533. The molecular weight excluding hydrogens is 270 g/mol. The van der Waals surface area contributed by atoms with Crippen LogP contribution >= 0.6 is 0 Å². The van der Waals surface area contributed by atoms with Crippen LogP contribution in [0.15, 0.2) is 23.5 Å². The van der Waals surface area contributed by atoms with E-state index in [9.17, 15) is 14.4 Å². The molecule has 1 saturated heterocycles. The molecule has 6 nitrogen and oxygen atoms in total. The number of allylic oxidation sites excluding steroid dienone is 1. The summed E-state index contributed by atoms with van der Waals surface area (Å²) in [4.78, 5) is 38.8. The van der Waals surface area contributed by atoms with Crippen molar-refractivity contribution in [2.45, 2.75) is 31.3 Å². The van der Waals surface area contributed by atoms with Gasteiger partial charge in [-0.25, -0.2) is 0 Å². The number of hydrogen-bond acceptors (Lipinski definition) is 3. The third kappa shape index (κ3) is 1.22. The third-order valence-corrected chi connectivity index (χ3v) is 5.68. The molecular formula is C15H15N3O3. The molecule has 5 aliphatic rings. The Hall–Kier alpha value is -2.11. The van der Waals surface area contributed by atoms with E-state index in [2.05, 4.69) is 10.6 Å². The quantitative estimate of drug-likeness (QED) is 0.657. The summed E-state index contributed by atoms with van der Waals surface area (Å²) in [5, 5.41) is 5.70. The van der Waals surface area contributed by atoms with Crippen molar-refractivity contribution in [2.24, 2.45) is 17.8 Å². The van der Waals surface area contributed by atoms with Gasteiger partial charge in [-0.15, -0.1) is 0 Å². The molecule has 3 fully saturated rings. The monoisotopic (exact) mass is 285 g/mol. The van der Waals surface area contributed by atoms with Gasteiger partial charge in [-0.1, -0.05) is 0 Å². The van der Waals surface area contributed by atoms with Crippen LogP contribution in [-0.2, 0) is 14.4 Å². The number of carbonyl (C=O) groups is 3. The second-order valence-corrected chi connectivity index (χ2v) is 6.65. The number of nitrogens with one attached hydrogen (secondary N) is 2. The maximum absolute atomic E-state index is 12.6. The molecule has 0 radical (unpaired) electrons. The van der Waals surface area contributed by atoms with Gasteiger partial charge in [-0.05, 0) is 36.8 Å². The minimum absolute atomic E-state index is 0.102. The zero-order valence-corrected chi connectivity index (χ0v) is 11.4. The molecule has 21 heavy (non-hydrogen) atoms. The van der Waals surface area contributed by atoms with Crippen molar-refractivity contribution in [3.05, 3.63) is 23.5 Å². The first-order chi connectivity index (χ1) is 10.1. The van der Waals surface area contributed by atoms with Gasteiger partial charge in [0.1, 0.15) is 11.4 Å². The van der Waals surface area contributed by atoms with Crippen molar-refractivity contribution in [3.63, 3.8) is 0 Å². The number of rotatable bonds is 0. The Morgan fingerprint density at radius 3 is 2.86 bits per heavy atom. The van der Waals surface area contributed by atoms with E-state index < -0.39 is 11.6 Å². The van der Waals surface area contributed by atoms with E-state index in [0.29, 0.717) is 23.1 Å². The number of hydrogen-bond donors (Lipinski definition) is 2. The van der Waals surface area contributed by atoms with E-state index in [-0.39, 0.29) is 24.1 Å². The molecule has 6 heteroatoms. The van der Waals surface area contributed by atoms with E-state index >= 15 is 0 Å². The normalized spacial score (nSPS) is 42.8. The van der Waals surface area contributed by atoms with Gasteiger partial charge in [0.2, 0.25) is 11.8 Å². The van der Waals surface area contributed by atoms with Gasteiger partial charge in [0, 0.05) is 18.5 Å². The number of fused-ring (bicyclic) bond motifs is 5. The van der Waals surface area contributed by atoms with E-state index in [1.807, 2.05) is 0 Å². The zero-order valence-electron chi connectivity index (χ0n) is 11.4. The van der Waals surface area contributed by atoms with E-state index in [4.69, 9.17) is 0 Å². The zero-order chi connectivity index (χ0) is 14.4. The highest BCUT2D eigenvalue weighted by atomic mass is 16.2. The molecule has 0 aromatic rings. The second kappa shape index (κ2) is 3.37. The Morgan fingerprint density at radius 2 is 2.14 bits per heavy atom. The lowest BCUT2D eigenvalue weighted by atomic mass is 9.86. The van der Waals surface area contributed by atoms with Crippen LogP contribution in [0, 0.1) is 17.8 Å². The first-order valence-corrected chi connectivity index (χ1v) is 7.48. The predicted octanol–water partition coefficient (Wildman–Crippen LogP) is -0.0115. The lowest BCUT2D eigenvalue weighted by molar-refractivity contribution is -0.139. The van der Waals surface area contributed by atoms with Gasteiger partial charge >= 0.3 is 0 Å². The standard InChI is InChI=1S/C15H15N3O3/c19-11-6-9-8(2-4-16-13(9)20)12-14(21)17-15(18(11)12)3-1-7-5-10(7)15/h2,4,7,9-10H,1,3,5-6H2,(H,16,20)(H,17,21). The highest BCUT2D eigenvalue weighted by Gasteiger charge is 2.67. The third-order valence-electron chi connectivity index (χ3n) is 5.68. The maximum Gasteiger partial charge on any atom is 0.270 e. The van der Waals surface area contributed by atoms with E-state index in [1.54, 1.807) is 17.2 Å². The van der Waals surface area contributed by atoms with Crippen LogP contribution < -0.4 is 10.6 Å². The Morgan fingerprint density at radius 1 is 1.29 bits per heavy atom. The van der Waals surface area contributed by atoms with Crippen LogP contribution in [0.1, 0.15) is 25.7 Å². The topological polar surface area (TPSA) is 78.5 Å². The first-order valence-electron chi connectivity index (χ1n) is 7.48. The summed E-state index contributed by atoms with van der Waals surface area (Å²) < 4.78 is 0. The molecule has 0 aromatic heterocycles. The van der Waals surface area contributed by atoms with Gasteiger partial charge in [0.05, 0.1) is 5.92 Å². The molecule has 108 valence electrons. The minimum Gasteiger partial charge on any atom is -0.332 e. The van der Waals surface area contributed by atoms with Crippen molar-refractivity contribution in [1.82, 2.24) is 15.5 Å². The molecule has 4 atom stereocenters. The van der Waals surface area contributed by atoms with Crippen LogP contribution in [0.25, 0.3) is 0 Å².